The first-order valence-corrected chi connectivity index (χ1v) is 7.79. The van der Waals surface area contributed by atoms with Crippen LogP contribution in [0.1, 0.15) is 0 Å². The van der Waals surface area contributed by atoms with Crippen molar-refractivity contribution in [2.24, 2.45) is 0 Å². The molecule has 0 heterocycles. The summed E-state index contributed by atoms with van der Waals surface area (Å²) < 4.78 is 1.11. The molecule has 4 rings (SSSR count). The lowest BCUT2D eigenvalue weighted by atomic mass is 9.95. The van der Waals surface area contributed by atoms with E-state index in [-0.39, 0.29) is 0 Å². The molecule has 4 aromatic rings. The summed E-state index contributed by atoms with van der Waals surface area (Å²) in [4.78, 5) is 0. The highest BCUT2D eigenvalue weighted by molar-refractivity contribution is 9.10. The van der Waals surface area contributed by atoms with E-state index >= 15 is 0 Å². The molecule has 0 nitrogen and oxygen atoms in total. The van der Waals surface area contributed by atoms with Gasteiger partial charge in [-0.3, -0.25) is 0 Å². The van der Waals surface area contributed by atoms with Gasteiger partial charge in [-0.2, -0.15) is 0 Å². The predicted molar refractivity (Wildman–Crippen MR) is 94.6 cm³/mol. The van der Waals surface area contributed by atoms with Crippen LogP contribution in [0.4, 0.5) is 0 Å². The SMILES string of the molecule is Brc1cccc(-c2cccc3c2ccc2ccccc23)c1. The molecule has 0 saturated heterocycles. The smallest absolute Gasteiger partial charge is 0.0181 e. The van der Waals surface area contributed by atoms with Gasteiger partial charge in [0.05, 0.1) is 0 Å². The second kappa shape index (κ2) is 5.01. The Hall–Kier alpha value is -2.12. The third-order valence-electron chi connectivity index (χ3n) is 3.92. The molecule has 0 radical (unpaired) electrons. The first-order valence-electron chi connectivity index (χ1n) is 6.99. The first-order chi connectivity index (χ1) is 10.3. The highest BCUT2D eigenvalue weighted by atomic mass is 79.9. The van der Waals surface area contributed by atoms with Crippen molar-refractivity contribution < 1.29 is 0 Å². The van der Waals surface area contributed by atoms with E-state index < -0.39 is 0 Å². The van der Waals surface area contributed by atoms with Crippen LogP contribution in [0.3, 0.4) is 0 Å². The Kier molecular flexibility index (Phi) is 3.01. The first kappa shape index (κ1) is 12.6. The maximum Gasteiger partial charge on any atom is 0.0181 e. The fraction of sp³-hybridized carbons (Fsp3) is 0. The van der Waals surface area contributed by atoms with Crippen molar-refractivity contribution in [3.05, 3.63) is 83.3 Å². The summed E-state index contributed by atoms with van der Waals surface area (Å²) in [5.74, 6) is 0. The standard InChI is InChI=1S/C20H13Br/c21-16-7-3-6-15(13-16)18-9-4-10-19-17-8-2-1-5-14(17)11-12-20(18)19/h1-13H. The molecule has 0 aliphatic carbocycles. The molecule has 21 heavy (non-hydrogen) atoms. The molecule has 0 aromatic heterocycles. The third-order valence-corrected chi connectivity index (χ3v) is 4.42. The molecule has 0 amide bonds. The van der Waals surface area contributed by atoms with Crippen LogP contribution in [0.15, 0.2) is 83.3 Å². The Bertz CT molecular complexity index is 954. The van der Waals surface area contributed by atoms with E-state index in [4.69, 9.17) is 0 Å². The van der Waals surface area contributed by atoms with Gasteiger partial charge < -0.3 is 0 Å². The molecule has 0 unspecified atom stereocenters. The van der Waals surface area contributed by atoms with Crippen LogP contribution >= 0.6 is 15.9 Å². The van der Waals surface area contributed by atoms with Gasteiger partial charge in [0.1, 0.15) is 0 Å². The minimum absolute atomic E-state index is 1.11. The van der Waals surface area contributed by atoms with Crippen molar-refractivity contribution in [1.29, 1.82) is 0 Å². The van der Waals surface area contributed by atoms with Gasteiger partial charge >= 0.3 is 0 Å². The number of halogens is 1. The third kappa shape index (κ3) is 2.14. The zero-order valence-corrected chi connectivity index (χ0v) is 13.0. The molecule has 0 aliphatic rings. The van der Waals surface area contributed by atoms with E-state index in [1.807, 2.05) is 0 Å². The van der Waals surface area contributed by atoms with Gasteiger partial charge in [-0.25, -0.2) is 0 Å². The number of hydrogen-bond donors (Lipinski definition) is 0. The molecule has 0 bridgehead atoms. The molecule has 0 saturated carbocycles. The van der Waals surface area contributed by atoms with E-state index in [1.165, 1.54) is 32.7 Å². The van der Waals surface area contributed by atoms with E-state index in [0.717, 1.165) is 4.47 Å². The van der Waals surface area contributed by atoms with E-state index in [1.54, 1.807) is 0 Å². The molecular formula is C20H13Br. The lowest BCUT2D eigenvalue weighted by Crippen LogP contribution is -1.83. The molecule has 100 valence electrons. The molecule has 4 aromatic carbocycles. The molecular weight excluding hydrogens is 320 g/mol. The van der Waals surface area contributed by atoms with Gasteiger partial charge in [-0.1, -0.05) is 82.7 Å². The summed E-state index contributed by atoms with van der Waals surface area (Å²) in [5, 5.41) is 5.21. The van der Waals surface area contributed by atoms with Crippen LogP contribution in [0.25, 0.3) is 32.7 Å². The number of rotatable bonds is 1. The zero-order chi connectivity index (χ0) is 14.2. The Morgan fingerprint density at radius 3 is 2.29 bits per heavy atom. The van der Waals surface area contributed by atoms with E-state index in [2.05, 4.69) is 94.8 Å². The highest BCUT2D eigenvalue weighted by Gasteiger charge is 2.06. The van der Waals surface area contributed by atoms with Crippen LogP contribution in [0.2, 0.25) is 0 Å². The summed E-state index contributed by atoms with van der Waals surface area (Å²) in [6.45, 7) is 0. The minimum Gasteiger partial charge on any atom is -0.0616 e. The average Bonchev–Trinajstić information content (AvgIpc) is 2.54. The second-order valence-corrected chi connectivity index (χ2v) is 6.11. The van der Waals surface area contributed by atoms with Gasteiger partial charge in [0, 0.05) is 4.47 Å². The summed E-state index contributed by atoms with van der Waals surface area (Å²) in [6.07, 6.45) is 0. The maximum atomic E-state index is 3.56. The van der Waals surface area contributed by atoms with Crippen LogP contribution in [-0.2, 0) is 0 Å². The number of hydrogen-bond acceptors (Lipinski definition) is 0. The lowest BCUT2D eigenvalue weighted by Gasteiger charge is -2.10. The van der Waals surface area contributed by atoms with Crippen molar-refractivity contribution in [2.45, 2.75) is 0 Å². The quantitative estimate of drug-likeness (QED) is 0.352. The van der Waals surface area contributed by atoms with Crippen molar-refractivity contribution in [3.63, 3.8) is 0 Å². The van der Waals surface area contributed by atoms with Crippen LogP contribution in [-0.4, -0.2) is 0 Å². The molecule has 0 spiro atoms. The Morgan fingerprint density at radius 2 is 1.38 bits per heavy atom. The fourth-order valence-corrected chi connectivity index (χ4v) is 3.35. The zero-order valence-electron chi connectivity index (χ0n) is 11.4. The number of fused-ring (bicyclic) bond motifs is 3. The van der Waals surface area contributed by atoms with Gasteiger partial charge in [-0.15, -0.1) is 0 Å². The monoisotopic (exact) mass is 332 g/mol. The fourth-order valence-electron chi connectivity index (χ4n) is 2.95. The van der Waals surface area contributed by atoms with Gasteiger partial charge in [-0.05, 0) is 44.8 Å². The summed E-state index contributed by atoms with van der Waals surface area (Å²) in [6, 6.07) is 28.0. The van der Waals surface area contributed by atoms with Crippen molar-refractivity contribution in [1.82, 2.24) is 0 Å². The van der Waals surface area contributed by atoms with E-state index in [0.29, 0.717) is 0 Å². The number of benzene rings is 4. The topological polar surface area (TPSA) is 0 Å². The minimum atomic E-state index is 1.11. The molecule has 0 fully saturated rings. The highest BCUT2D eigenvalue weighted by Crippen LogP contribution is 2.33. The maximum absolute atomic E-state index is 3.56. The molecule has 0 N–H and O–H groups in total. The van der Waals surface area contributed by atoms with Crippen molar-refractivity contribution in [3.8, 4) is 11.1 Å². The van der Waals surface area contributed by atoms with Crippen molar-refractivity contribution in [2.75, 3.05) is 0 Å². The Balaban J connectivity index is 2.09. The molecule has 0 atom stereocenters. The summed E-state index contributed by atoms with van der Waals surface area (Å²) in [7, 11) is 0. The Morgan fingerprint density at radius 1 is 0.571 bits per heavy atom. The predicted octanol–water partition coefficient (Wildman–Crippen LogP) is 6.42. The average molecular weight is 333 g/mol. The normalized spacial score (nSPS) is 11.1. The summed E-state index contributed by atoms with van der Waals surface area (Å²) >= 11 is 3.56. The van der Waals surface area contributed by atoms with Gasteiger partial charge in [0.15, 0.2) is 0 Å². The van der Waals surface area contributed by atoms with Crippen molar-refractivity contribution >= 4 is 37.5 Å². The Labute approximate surface area is 132 Å². The molecule has 1 heteroatoms. The second-order valence-electron chi connectivity index (χ2n) is 5.20. The van der Waals surface area contributed by atoms with E-state index in [9.17, 15) is 0 Å². The van der Waals surface area contributed by atoms with Gasteiger partial charge in [0.25, 0.3) is 0 Å². The largest absolute Gasteiger partial charge is 0.0616 e. The van der Waals surface area contributed by atoms with Gasteiger partial charge in [0.2, 0.25) is 0 Å². The van der Waals surface area contributed by atoms with Crippen LogP contribution in [0, 0.1) is 0 Å². The summed E-state index contributed by atoms with van der Waals surface area (Å²) in [5.41, 5.74) is 2.52. The lowest BCUT2D eigenvalue weighted by molar-refractivity contribution is 1.62. The van der Waals surface area contributed by atoms with Crippen LogP contribution in [0.5, 0.6) is 0 Å². The molecule has 0 aliphatic heterocycles. The van der Waals surface area contributed by atoms with Crippen LogP contribution < -0.4 is 0 Å².